The summed E-state index contributed by atoms with van der Waals surface area (Å²) in [4.78, 5) is 0. The van der Waals surface area contributed by atoms with Gasteiger partial charge in [0.05, 0.1) is 6.10 Å². The molecule has 1 aromatic heterocycles. The number of aliphatic hydroxyl groups excluding tert-OH is 1. The number of aliphatic hydroxyl groups is 1. The van der Waals surface area contributed by atoms with Crippen LogP contribution in [0.25, 0.3) is 0 Å². The maximum atomic E-state index is 10.3. The summed E-state index contributed by atoms with van der Waals surface area (Å²) < 4.78 is 0. The Hall–Kier alpha value is -1.10. The number of hydrogen-bond donors (Lipinski definition) is 1. The van der Waals surface area contributed by atoms with Crippen molar-refractivity contribution in [3.05, 3.63) is 11.6 Å². The molecule has 172 valence electrons. The Bertz CT molecular complexity index is 784. The number of hydrogen-bond acceptors (Lipinski definition) is 5. The second-order valence-corrected chi connectivity index (χ2v) is 12.2. The summed E-state index contributed by atoms with van der Waals surface area (Å²) in [7, 11) is 0. The van der Waals surface area contributed by atoms with Gasteiger partial charge in [0.25, 0.3) is 0 Å². The van der Waals surface area contributed by atoms with Crippen molar-refractivity contribution >= 4 is 0 Å². The van der Waals surface area contributed by atoms with Gasteiger partial charge >= 0.3 is 0 Å². The minimum Gasteiger partial charge on any atom is -0.393 e. The number of nitrogens with zero attached hydrogens (tertiary/aromatic N) is 4. The molecule has 4 fully saturated rings. The minimum atomic E-state index is -0.0388. The molecule has 31 heavy (non-hydrogen) atoms. The molecule has 4 aliphatic rings. The maximum Gasteiger partial charge on any atom is 0.173 e. The fourth-order valence-electron chi connectivity index (χ4n) is 9.17. The second kappa shape index (κ2) is 8.04. The van der Waals surface area contributed by atoms with Gasteiger partial charge < -0.3 is 5.11 Å². The molecule has 0 aromatic carbocycles. The third-order valence-corrected chi connectivity index (χ3v) is 10.8. The van der Waals surface area contributed by atoms with Crippen molar-refractivity contribution in [1.29, 1.82) is 0 Å². The molecule has 0 aliphatic heterocycles. The van der Waals surface area contributed by atoms with Crippen LogP contribution in [-0.4, -0.2) is 31.6 Å². The monoisotopic (exact) mass is 426 g/mol. The van der Waals surface area contributed by atoms with Gasteiger partial charge in [-0.1, -0.05) is 20.8 Å². The predicted octanol–water partition coefficient (Wildman–Crippen LogP) is 5.16. The van der Waals surface area contributed by atoms with E-state index in [9.17, 15) is 5.11 Å². The lowest BCUT2D eigenvalue weighted by Crippen LogP contribution is -2.54. The fourth-order valence-corrected chi connectivity index (χ4v) is 9.17. The van der Waals surface area contributed by atoms with Crippen molar-refractivity contribution in [3.63, 3.8) is 0 Å². The molecule has 0 unspecified atom stereocenters. The number of aryl methyl sites for hydroxylation is 2. The van der Waals surface area contributed by atoms with E-state index in [1.54, 1.807) is 0 Å². The van der Waals surface area contributed by atoms with Gasteiger partial charge in [0.15, 0.2) is 11.6 Å². The van der Waals surface area contributed by atoms with Crippen LogP contribution in [0.1, 0.15) is 96.6 Å². The van der Waals surface area contributed by atoms with Gasteiger partial charge in [-0.05, 0) is 117 Å². The van der Waals surface area contributed by atoms with Crippen LogP contribution in [0.5, 0.6) is 0 Å². The molecule has 0 spiro atoms. The largest absolute Gasteiger partial charge is 0.393 e. The minimum absolute atomic E-state index is 0.0388. The van der Waals surface area contributed by atoms with Gasteiger partial charge in [-0.2, -0.15) is 0 Å². The molecular weight excluding hydrogens is 384 g/mol. The summed E-state index contributed by atoms with van der Waals surface area (Å²) in [6, 6.07) is 0. The standard InChI is InChI=1S/C26H42N4O/c1-16(5-10-24-29-27-17(2)28-30-24)21-8-9-22-20-7-6-18-15-19(31)11-13-25(18,3)23(20)12-14-26(21,22)4/h16,18-23,31H,5-15H2,1-4H3/t16-,18-,19-,20+,21-,22+,23+,25+,26-/m1/s1. The van der Waals surface area contributed by atoms with Gasteiger partial charge in [-0.25, -0.2) is 0 Å². The van der Waals surface area contributed by atoms with Crippen LogP contribution >= 0.6 is 0 Å². The lowest BCUT2D eigenvalue weighted by atomic mass is 9.44. The quantitative estimate of drug-likeness (QED) is 0.720. The summed E-state index contributed by atoms with van der Waals surface area (Å²) in [6.07, 6.45) is 13.8. The zero-order chi connectivity index (χ0) is 21.8. The molecule has 0 amide bonds. The Morgan fingerprint density at radius 2 is 1.61 bits per heavy atom. The summed E-state index contributed by atoms with van der Waals surface area (Å²) in [5.41, 5.74) is 0.985. The molecule has 4 aliphatic carbocycles. The third kappa shape index (κ3) is 3.63. The van der Waals surface area contributed by atoms with Crippen molar-refractivity contribution in [1.82, 2.24) is 20.4 Å². The van der Waals surface area contributed by atoms with Gasteiger partial charge in [-0.15, -0.1) is 20.4 Å². The van der Waals surface area contributed by atoms with E-state index in [4.69, 9.17) is 0 Å². The lowest BCUT2D eigenvalue weighted by molar-refractivity contribution is -0.129. The SMILES string of the molecule is Cc1nnc(CC[C@@H](C)[C@H]2CC[C@H]3[C@@H]4CC[C@@H]5C[C@H](O)CC[C@]5(C)[C@H]4CC[C@]23C)nn1. The highest BCUT2D eigenvalue weighted by Gasteiger charge is 2.60. The molecule has 5 rings (SSSR count). The molecular formula is C26H42N4O. The normalized spacial score (nSPS) is 45.5. The summed E-state index contributed by atoms with van der Waals surface area (Å²) in [5, 5.41) is 26.9. The highest BCUT2D eigenvalue weighted by Crippen LogP contribution is 2.68. The lowest BCUT2D eigenvalue weighted by Gasteiger charge is -2.61. The Labute approximate surface area is 188 Å². The number of rotatable bonds is 4. The van der Waals surface area contributed by atoms with Crippen LogP contribution in [0.2, 0.25) is 0 Å². The second-order valence-electron chi connectivity index (χ2n) is 12.2. The maximum absolute atomic E-state index is 10.3. The third-order valence-electron chi connectivity index (χ3n) is 10.8. The molecule has 0 saturated heterocycles. The topological polar surface area (TPSA) is 71.8 Å². The first-order valence-corrected chi connectivity index (χ1v) is 13.0. The van der Waals surface area contributed by atoms with Crippen LogP contribution in [0.15, 0.2) is 0 Å². The van der Waals surface area contributed by atoms with E-state index in [-0.39, 0.29) is 6.10 Å². The van der Waals surface area contributed by atoms with Crippen molar-refractivity contribution in [2.24, 2.45) is 46.3 Å². The van der Waals surface area contributed by atoms with E-state index in [2.05, 4.69) is 41.2 Å². The fraction of sp³-hybridized carbons (Fsp3) is 0.923. The van der Waals surface area contributed by atoms with Crippen LogP contribution in [0.3, 0.4) is 0 Å². The summed E-state index contributed by atoms with van der Waals surface area (Å²) in [5.74, 6) is 6.45. The van der Waals surface area contributed by atoms with E-state index in [1.807, 2.05) is 6.92 Å². The van der Waals surface area contributed by atoms with Gasteiger partial charge in [0.1, 0.15) is 0 Å². The first-order chi connectivity index (χ1) is 14.8. The number of fused-ring (bicyclic) bond motifs is 5. The zero-order valence-corrected chi connectivity index (χ0v) is 20.1. The van der Waals surface area contributed by atoms with E-state index < -0.39 is 0 Å². The molecule has 5 heteroatoms. The van der Waals surface area contributed by atoms with Gasteiger partial charge in [0.2, 0.25) is 0 Å². The van der Waals surface area contributed by atoms with Crippen molar-refractivity contribution in [3.8, 4) is 0 Å². The molecule has 0 bridgehead atoms. The highest BCUT2D eigenvalue weighted by molar-refractivity contribution is 5.09. The highest BCUT2D eigenvalue weighted by atomic mass is 16.3. The molecule has 5 nitrogen and oxygen atoms in total. The van der Waals surface area contributed by atoms with Gasteiger partial charge in [-0.3, -0.25) is 0 Å². The molecule has 1 heterocycles. The molecule has 1 aromatic rings. The molecule has 9 atom stereocenters. The van der Waals surface area contributed by atoms with E-state index >= 15 is 0 Å². The van der Waals surface area contributed by atoms with Crippen molar-refractivity contribution in [2.75, 3.05) is 0 Å². The average molecular weight is 427 g/mol. The Morgan fingerprint density at radius 1 is 0.903 bits per heavy atom. The smallest absolute Gasteiger partial charge is 0.173 e. The van der Waals surface area contributed by atoms with Gasteiger partial charge in [0, 0.05) is 6.42 Å². The molecule has 0 radical (unpaired) electrons. The average Bonchev–Trinajstić information content (AvgIpc) is 3.11. The Kier molecular flexibility index (Phi) is 5.64. The predicted molar refractivity (Wildman–Crippen MR) is 121 cm³/mol. The first kappa shape index (κ1) is 21.7. The van der Waals surface area contributed by atoms with E-state index in [0.717, 1.165) is 61.1 Å². The summed E-state index contributed by atoms with van der Waals surface area (Å²) >= 11 is 0. The Morgan fingerprint density at radius 3 is 2.39 bits per heavy atom. The van der Waals surface area contributed by atoms with Crippen LogP contribution in [0.4, 0.5) is 0 Å². The number of aromatic nitrogens is 4. The molecule has 1 N–H and O–H groups in total. The van der Waals surface area contributed by atoms with Crippen molar-refractivity contribution in [2.45, 2.75) is 104 Å². The van der Waals surface area contributed by atoms with Crippen LogP contribution in [-0.2, 0) is 6.42 Å². The van der Waals surface area contributed by atoms with E-state index in [0.29, 0.717) is 22.6 Å². The Balaban J connectivity index is 1.28. The first-order valence-electron chi connectivity index (χ1n) is 13.0. The summed E-state index contributed by atoms with van der Waals surface area (Å²) in [6.45, 7) is 9.56. The zero-order valence-electron chi connectivity index (χ0n) is 20.1. The molecule has 4 saturated carbocycles. The van der Waals surface area contributed by atoms with E-state index in [1.165, 1.54) is 44.9 Å². The van der Waals surface area contributed by atoms with Crippen LogP contribution in [0, 0.1) is 53.3 Å². The van der Waals surface area contributed by atoms with Crippen LogP contribution < -0.4 is 0 Å². The van der Waals surface area contributed by atoms with Crippen molar-refractivity contribution < 1.29 is 5.11 Å².